The molecule has 0 aliphatic rings. The van der Waals surface area contributed by atoms with Gasteiger partial charge in [0.1, 0.15) is 0 Å². The van der Waals surface area contributed by atoms with Gasteiger partial charge >= 0.3 is 0 Å². The van der Waals surface area contributed by atoms with Crippen LogP contribution in [0.1, 0.15) is 12.8 Å². The lowest BCUT2D eigenvalue weighted by Crippen LogP contribution is -2.26. The number of aromatic nitrogens is 1. The van der Waals surface area contributed by atoms with E-state index in [2.05, 4.69) is 5.32 Å². The van der Waals surface area contributed by atoms with Crippen LogP contribution in [0.25, 0.3) is 0 Å². The molecule has 0 fully saturated rings. The topological polar surface area (TPSA) is 34.0 Å². The van der Waals surface area contributed by atoms with Crippen LogP contribution in [0, 0.1) is 0 Å². The number of carbonyl (C=O) groups excluding carboxylic acids is 1. The first-order valence-corrected chi connectivity index (χ1v) is 5.30. The number of alkyl halides is 1. The van der Waals surface area contributed by atoms with Crippen LogP contribution < -0.4 is 5.32 Å². The lowest BCUT2D eigenvalue weighted by Gasteiger charge is -2.05. The van der Waals surface area contributed by atoms with Gasteiger partial charge in [0.15, 0.2) is 0 Å². The summed E-state index contributed by atoms with van der Waals surface area (Å²) < 4.78 is 2.03. The number of halogens is 1. The van der Waals surface area contributed by atoms with Crippen LogP contribution in [-0.4, -0.2) is 22.9 Å². The molecular formula is C10H15ClN2O. The summed E-state index contributed by atoms with van der Waals surface area (Å²) in [6.45, 7) is 1.50. The average Bonchev–Trinajstić information content (AvgIpc) is 2.67. The van der Waals surface area contributed by atoms with Gasteiger partial charge in [-0.25, -0.2) is 0 Å². The van der Waals surface area contributed by atoms with E-state index in [4.69, 9.17) is 11.6 Å². The maximum Gasteiger partial charge on any atom is 0.220 e. The molecule has 14 heavy (non-hydrogen) atoms. The molecule has 0 aromatic carbocycles. The van der Waals surface area contributed by atoms with Gasteiger partial charge in [0, 0.05) is 37.8 Å². The van der Waals surface area contributed by atoms with Crippen molar-refractivity contribution in [2.75, 3.05) is 12.4 Å². The van der Waals surface area contributed by atoms with E-state index in [0.717, 1.165) is 13.0 Å². The Morgan fingerprint density at radius 1 is 1.36 bits per heavy atom. The predicted octanol–water partition coefficient (Wildman–Crippen LogP) is 1.62. The van der Waals surface area contributed by atoms with Crippen LogP contribution >= 0.6 is 11.6 Å². The Bertz CT molecular complexity index is 259. The highest BCUT2D eigenvalue weighted by Gasteiger charge is 1.98. The third-order valence-electron chi connectivity index (χ3n) is 1.90. The minimum atomic E-state index is 0.0813. The number of nitrogens with zero attached hydrogens (tertiary/aromatic N) is 1. The molecule has 0 aliphatic heterocycles. The van der Waals surface area contributed by atoms with Crippen LogP contribution in [-0.2, 0) is 11.3 Å². The van der Waals surface area contributed by atoms with Gasteiger partial charge in [0.05, 0.1) is 0 Å². The first kappa shape index (κ1) is 11.1. The van der Waals surface area contributed by atoms with E-state index < -0.39 is 0 Å². The van der Waals surface area contributed by atoms with Crippen molar-refractivity contribution in [3.05, 3.63) is 24.5 Å². The van der Waals surface area contributed by atoms with Crippen molar-refractivity contribution in [1.82, 2.24) is 9.88 Å². The van der Waals surface area contributed by atoms with Gasteiger partial charge < -0.3 is 9.88 Å². The van der Waals surface area contributed by atoms with Crippen molar-refractivity contribution >= 4 is 17.5 Å². The molecule has 1 aromatic heterocycles. The van der Waals surface area contributed by atoms with Gasteiger partial charge in [0.25, 0.3) is 0 Å². The molecule has 1 aromatic rings. The monoisotopic (exact) mass is 214 g/mol. The Morgan fingerprint density at radius 3 is 2.71 bits per heavy atom. The van der Waals surface area contributed by atoms with Crippen LogP contribution in [0.15, 0.2) is 24.5 Å². The maximum absolute atomic E-state index is 11.2. The van der Waals surface area contributed by atoms with Crippen LogP contribution in [0.4, 0.5) is 0 Å². The van der Waals surface area contributed by atoms with Crippen LogP contribution in [0.5, 0.6) is 0 Å². The molecule has 0 unspecified atom stereocenters. The third kappa shape index (κ3) is 4.33. The van der Waals surface area contributed by atoms with E-state index in [-0.39, 0.29) is 5.91 Å². The highest BCUT2D eigenvalue weighted by molar-refractivity contribution is 6.17. The number of hydrogen-bond donors (Lipinski definition) is 1. The molecule has 0 aliphatic carbocycles. The molecule has 0 saturated heterocycles. The fourth-order valence-electron chi connectivity index (χ4n) is 1.16. The lowest BCUT2D eigenvalue weighted by molar-refractivity contribution is -0.121. The minimum absolute atomic E-state index is 0.0813. The zero-order valence-electron chi connectivity index (χ0n) is 8.08. The van der Waals surface area contributed by atoms with E-state index in [9.17, 15) is 4.79 Å². The second-order valence-corrected chi connectivity index (χ2v) is 3.44. The van der Waals surface area contributed by atoms with Crippen molar-refractivity contribution in [3.8, 4) is 0 Å². The molecular weight excluding hydrogens is 200 g/mol. The Labute approximate surface area is 89.1 Å². The highest BCUT2D eigenvalue weighted by Crippen LogP contribution is 1.92. The number of hydrogen-bond acceptors (Lipinski definition) is 1. The van der Waals surface area contributed by atoms with E-state index >= 15 is 0 Å². The molecule has 1 amide bonds. The Morgan fingerprint density at radius 2 is 2.07 bits per heavy atom. The molecule has 1 N–H and O–H groups in total. The molecule has 0 atom stereocenters. The number of nitrogens with one attached hydrogen (secondary N) is 1. The van der Waals surface area contributed by atoms with E-state index in [1.165, 1.54) is 0 Å². The molecule has 0 radical (unpaired) electrons. The molecule has 4 heteroatoms. The van der Waals surface area contributed by atoms with Crippen molar-refractivity contribution in [1.29, 1.82) is 0 Å². The highest BCUT2D eigenvalue weighted by atomic mass is 35.5. The standard InChI is InChI=1S/C10H15ClN2O/c11-5-3-4-10(14)12-6-9-13-7-1-2-8-13/h1-2,7-8H,3-6,9H2,(H,12,14). The molecule has 0 saturated carbocycles. The van der Waals surface area contributed by atoms with E-state index in [1.807, 2.05) is 29.1 Å². The van der Waals surface area contributed by atoms with Gasteiger partial charge in [0.2, 0.25) is 5.91 Å². The summed E-state index contributed by atoms with van der Waals surface area (Å²) in [5, 5.41) is 2.84. The molecule has 3 nitrogen and oxygen atoms in total. The quantitative estimate of drug-likeness (QED) is 0.718. The summed E-state index contributed by atoms with van der Waals surface area (Å²) >= 11 is 5.48. The third-order valence-corrected chi connectivity index (χ3v) is 2.16. The van der Waals surface area contributed by atoms with Crippen molar-refractivity contribution in [2.45, 2.75) is 19.4 Å². The first-order chi connectivity index (χ1) is 6.83. The molecule has 1 rings (SSSR count). The molecule has 78 valence electrons. The summed E-state index contributed by atoms with van der Waals surface area (Å²) in [5.41, 5.74) is 0. The fraction of sp³-hybridized carbons (Fsp3) is 0.500. The van der Waals surface area contributed by atoms with Crippen molar-refractivity contribution < 1.29 is 4.79 Å². The lowest BCUT2D eigenvalue weighted by atomic mass is 10.3. The summed E-state index contributed by atoms with van der Waals surface area (Å²) in [5.74, 6) is 0.628. The zero-order valence-corrected chi connectivity index (χ0v) is 8.83. The SMILES string of the molecule is O=C(CCCCl)NCCn1cccc1. The van der Waals surface area contributed by atoms with Gasteiger partial charge in [-0.05, 0) is 18.6 Å². The summed E-state index contributed by atoms with van der Waals surface area (Å²) in [6, 6.07) is 3.94. The summed E-state index contributed by atoms with van der Waals surface area (Å²) in [4.78, 5) is 11.2. The number of rotatable bonds is 6. The Hall–Kier alpha value is -0.960. The van der Waals surface area contributed by atoms with E-state index in [0.29, 0.717) is 18.8 Å². The normalized spacial score (nSPS) is 10.1. The Kier molecular flexibility index (Phi) is 5.15. The maximum atomic E-state index is 11.2. The fourth-order valence-corrected chi connectivity index (χ4v) is 1.29. The van der Waals surface area contributed by atoms with Gasteiger partial charge in [-0.3, -0.25) is 4.79 Å². The predicted molar refractivity (Wildman–Crippen MR) is 57.4 cm³/mol. The van der Waals surface area contributed by atoms with Crippen LogP contribution in [0.2, 0.25) is 0 Å². The summed E-state index contributed by atoms with van der Waals surface area (Å²) in [6.07, 6.45) is 5.22. The first-order valence-electron chi connectivity index (χ1n) is 4.76. The second-order valence-electron chi connectivity index (χ2n) is 3.06. The summed E-state index contributed by atoms with van der Waals surface area (Å²) in [7, 11) is 0. The smallest absolute Gasteiger partial charge is 0.220 e. The van der Waals surface area contributed by atoms with Crippen molar-refractivity contribution in [2.24, 2.45) is 0 Å². The number of amides is 1. The van der Waals surface area contributed by atoms with E-state index in [1.54, 1.807) is 0 Å². The Balaban J connectivity index is 2.06. The van der Waals surface area contributed by atoms with Gasteiger partial charge in [-0.2, -0.15) is 0 Å². The minimum Gasteiger partial charge on any atom is -0.354 e. The van der Waals surface area contributed by atoms with Gasteiger partial charge in [-0.15, -0.1) is 11.6 Å². The average molecular weight is 215 g/mol. The molecule has 0 spiro atoms. The second kappa shape index (κ2) is 6.49. The van der Waals surface area contributed by atoms with Crippen molar-refractivity contribution in [3.63, 3.8) is 0 Å². The molecule has 1 heterocycles. The molecule has 0 bridgehead atoms. The zero-order chi connectivity index (χ0) is 10.2. The van der Waals surface area contributed by atoms with Gasteiger partial charge in [-0.1, -0.05) is 0 Å². The number of carbonyl (C=O) groups is 1. The largest absolute Gasteiger partial charge is 0.354 e. The van der Waals surface area contributed by atoms with Crippen LogP contribution in [0.3, 0.4) is 0 Å².